The van der Waals surface area contributed by atoms with Crippen LogP contribution in [0.4, 0.5) is 5.69 Å². The Balaban J connectivity index is 1.85. The number of para-hydroxylation sites is 1. The van der Waals surface area contributed by atoms with E-state index in [0.717, 1.165) is 0 Å². The predicted octanol–water partition coefficient (Wildman–Crippen LogP) is 5.24. The maximum atomic E-state index is 2.61. The van der Waals surface area contributed by atoms with Crippen LogP contribution in [0.1, 0.15) is 49.9 Å². The second-order valence-corrected chi connectivity index (χ2v) is 6.84. The second-order valence-electron chi connectivity index (χ2n) is 6.84. The maximum absolute atomic E-state index is 2.61. The maximum Gasteiger partial charge on any atom is 0.133 e. The van der Waals surface area contributed by atoms with Crippen LogP contribution in [-0.4, -0.2) is 10.9 Å². The van der Waals surface area contributed by atoms with Gasteiger partial charge in [-0.2, -0.15) is 0 Å². The van der Waals surface area contributed by atoms with Crippen LogP contribution in [0.25, 0.3) is 11.1 Å². The molecule has 3 heterocycles. The van der Waals surface area contributed by atoms with E-state index in [2.05, 4.69) is 78.5 Å². The van der Waals surface area contributed by atoms with Crippen LogP contribution in [-0.2, 0) is 0 Å². The van der Waals surface area contributed by atoms with Crippen molar-refractivity contribution >= 4 is 5.69 Å². The predicted molar refractivity (Wildman–Crippen MR) is 95.2 cm³/mol. The minimum Gasteiger partial charge on any atom is -0.348 e. The van der Waals surface area contributed by atoms with E-state index in [1.807, 2.05) is 0 Å². The number of rotatable bonds is 2. The molecule has 0 radical (unpaired) electrons. The summed E-state index contributed by atoms with van der Waals surface area (Å²) < 4.78 is 0. The highest BCUT2D eigenvalue weighted by Gasteiger charge is 2.46. The van der Waals surface area contributed by atoms with E-state index in [1.54, 1.807) is 5.56 Å². The Bertz CT molecular complexity index is 807. The zero-order chi connectivity index (χ0) is 15.6. The summed E-state index contributed by atoms with van der Waals surface area (Å²) in [7, 11) is 0. The Morgan fingerprint density at radius 3 is 2.52 bits per heavy atom. The lowest BCUT2D eigenvalue weighted by Gasteiger charge is -2.49. The Labute approximate surface area is 138 Å². The van der Waals surface area contributed by atoms with Gasteiger partial charge in [0.25, 0.3) is 0 Å². The van der Waals surface area contributed by atoms with Gasteiger partial charge in [0, 0.05) is 35.5 Å². The van der Waals surface area contributed by atoms with E-state index in [1.165, 1.54) is 35.2 Å². The van der Waals surface area contributed by atoms with E-state index in [4.69, 9.17) is 0 Å². The summed E-state index contributed by atoms with van der Waals surface area (Å²) in [6, 6.07) is 16.4. The first-order chi connectivity index (χ1) is 11.3. The summed E-state index contributed by atoms with van der Waals surface area (Å²) in [4.78, 5) is 5.08. The molecule has 3 aliphatic rings. The number of anilines is 1. The van der Waals surface area contributed by atoms with Gasteiger partial charge in [-0.1, -0.05) is 50.2 Å². The Kier molecular flexibility index (Phi) is 2.67. The minimum absolute atomic E-state index is 0.351. The molecule has 2 heteroatoms. The molecule has 0 bridgehead atoms. The van der Waals surface area contributed by atoms with Crippen molar-refractivity contribution in [3.63, 3.8) is 0 Å². The summed E-state index contributed by atoms with van der Waals surface area (Å²) in [6.07, 6.45) is 7.35. The van der Waals surface area contributed by atoms with E-state index in [0.29, 0.717) is 18.1 Å². The molecule has 3 atom stereocenters. The van der Waals surface area contributed by atoms with Crippen molar-refractivity contribution in [2.45, 2.75) is 44.8 Å². The van der Waals surface area contributed by atoms with Gasteiger partial charge in [0.1, 0.15) is 6.17 Å². The molecule has 2 aromatic carbocycles. The molecule has 0 aliphatic carbocycles. The zero-order valence-corrected chi connectivity index (χ0v) is 13.7. The molecule has 2 nitrogen and oxygen atoms in total. The van der Waals surface area contributed by atoms with Gasteiger partial charge in [-0.05, 0) is 30.0 Å². The number of hydrogen-bond acceptors (Lipinski definition) is 2. The van der Waals surface area contributed by atoms with Crippen LogP contribution in [0.2, 0.25) is 0 Å². The highest BCUT2D eigenvalue weighted by Crippen LogP contribution is 2.55. The van der Waals surface area contributed by atoms with E-state index < -0.39 is 0 Å². The summed E-state index contributed by atoms with van der Waals surface area (Å²) in [5, 5.41) is 0. The van der Waals surface area contributed by atoms with Crippen LogP contribution >= 0.6 is 0 Å². The Morgan fingerprint density at radius 2 is 1.70 bits per heavy atom. The van der Waals surface area contributed by atoms with Gasteiger partial charge >= 0.3 is 0 Å². The largest absolute Gasteiger partial charge is 0.348 e. The smallest absolute Gasteiger partial charge is 0.133 e. The van der Waals surface area contributed by atoms with Gasteiger partial charge in [0.15, 0.2) is 0 Å². The Morgan fingerprint density at radius 1 is 0.870 bits per heavy atom. The fourth-order valence-electron chi connectivity index (χ4n) is 5.01. The lowest BCUT2D eigenvalue weighted by molar-refractivity contribution is 0.165. The highest BCUT2D eigenvalue weighted by molar-refractivity contribution is 5.87. The van der Waals surface area contributed by atoms with Crippen molar-refractivity contribution < 1.29 is 0 Å². The lowest BCUT2D eigenvalue weighted by atomic mass is 9.75. The third-order valence-electron chi connectivity index (χ3n) is 5.92. The molecular weight excluding hydrogens is 280 g/mol. The highest BCUT2D eigenvalue weighted by atomic mass is 15.4. The SMILES string of the molecule is CCC1c2cccc3c2C2N(C=CN2C1CC)c1ccccc1-3. The third-order valence-corrected chi connectivity index (χ3v) is 5.92. The third kappa shape index (κ3) is 1.54. The van der Waals surface area contributed by atoms with Gasteiger partial charge in [0.2, 0.25) is 0 Å². The molecule has 0 N–H and O–H groups in total. The van der Waals surface area contributed by atoms with Gasteiger partial charge < -0.3 is 9.80 Å². The summed E-state index contributed by atoms with van der Waals surface area (Å²) in [5.74, 6) is 0.626. The summed E-state index contributed by atoms with van der Waals surface area (Å²) in [6.45, 7) is 4.66. The van der Waals surface area contributed by atoms with Crippen LogP contribution in [0, 0.1) is 0 Å². The average molecular weight is 302 g/mol. The van der Waals surface area contributed by atoms with Crippen LogP contribution in [0.3, 0.4) is 0 Å². The molecule has 2 aromatic rings. The Hall–Kier alpha value is -2.22. The molecule has 0 fully saturated rings. The van der Waals surface area contributed by atoms with E-state index >= 15 is 0 Å². The number of nitrogens with zero attached hydrogens (tertiary/aromatic N) is 2. The molecular formula is C21H22N2. The van der Waals surface area contributed by atoms with Crippen molar-refractivity contribution in [1.29, 1.82) is 0 Å². The van der Waals surface area contributed by atoms with Gasteiger partial charge in [-0.3, -0.25) is 0 Å². The summed E-state index contributed by atoms with van der Waals surface area (Å²) >= 11 is 0. The van der Waals surface area contributed by atoms with Crippen molar-refractivity contribution in [3.05, 3.63) is 66.0 Å². The van der Waals surface area contributed by atoms with Crippen LogP contribution in [0.15, 0.2) is 54.9 Å². The number of fused-ring (bicyclic) bond motifs is 3. The second kappa shape index (κ2) is 4.64. The first-order valence-corrected chi connectivity index (χ1v) is 8.81. The monoisotopic (exact) mass is 302 g/mol. The molecule has 0 amide bonds. The normalized spacial score (nSPS) is 26.3. The van der Waals surface area contributed by atoms with Crippen LogP contribution < -0.4 is 4.90 Å². The average Bonchev–Trinajstić information content (AvgIpc) is 3.05. The van der Waals surface area contributed by atoms with Crippen molar-refractivity contribution in [2.24, 2.45) is 0 Å². The van der Waals surface area contributed by atoms with Crippen LogP contribution in [0.5, 0.6) is 0 Å². The fraction of sp³-hybridized carbons (Fsp3) is 0.333. The standard InChI is InChI=1S/C21H22N2/c1-3-14-16-9-7-10-17-15-8-5-6-11-19(15)23-13-12-22(18(14)4-2)21(23)20(16)17/h5-14,18,21H,3-4H2,1-2H3. The van der Waals surface area contributed by atoms with Crippen molar-refractivity contribution in [3.8, 4) is 11.1 Å². The number of hydrogen-bond donors (Lipinski definition) is 0. The molecule has 116 valence electrons. The molecule has 23 heavy (non-hydrogen) atoms. The first kappa shape index (κ1) is 13.2. The number of benzene rings is 2. The quantitative estimate of drug-likeness (QED) is 0.748. The molecule has 0 saturated heterocycles. The minimum atomic E-state index is 0.351. The first-order valence-electron chi connectivity index (χ1n) is 8.81. The molecule has 0 aromatic heterocycles. The van der Waals surface area contributed by atoms with Gasteiger partial charge in [-0.25, -0.2) is 0 Å². The molecule has 0 saturated carbocycles. The van der Waals surface area contributed by atoms with Gasteiger partial charge in [0.05, 0.1) is 5.69 Å². The van der Waals surface area contributed by atoms with Gasteiger partial charge in [-0.15, -0.1) is 0 Å². The molecule has 3 unspecified atom stereocenters. The van der Waals surface area contributed by atoms with E-state index in [9.17, 15) is 0 Å². The fourth-order valence-corrected chi connectivity index (χ4v) is 5.01. The van der Waals surface area contributed by atoms with Crippen molar-refractivity contribution in [2.75, 3.05) is 4.90 Å². The van der Waals surface area contributed by atoms with E-state index in [-0.39, 0.29) is 0 Å². The molecule has 5 rings (SSSR count). The zero-order valence-electron chi connectivity index (χ0n) is 13.7. The topological polar surface area (TPSA) is 6.48 Å². The van der Waals surface area contributed by atoms with Crippen molar-refractivity contribution in [1.82, 2.24) is 4.90 Å². The lowest BCUT2D eigenvalue weighted by Crippen LogP contribution is -2.46. The molecule has 0 spiro atoms. The molecule has 3 aliphatic heterocycles. The summed E-state index contributed by atoms with van der Waals surface area (Å²) in [5.41, 5.74) is 7.25.